The second kappa shape index (κ2) is 4.56. The topological polar surface area (TPSA) is 62.5 Å². The van der Waals surface area contributed by atoms with Gasteiger partial charge in [-0.2, -0.15) is 5.10 Å². The predicted molar refractivity (Wildman–Crippen MR) is 73.4 cm³/mol. The number of carbonyl (C=O) groups excluding carboxylic acids is 1. The largest absolute Gasteiger partial charge is 0.337 e. The average Bonchev–Trinajstić information content (AvgIpc) is 3.10. The summed E-state index contributed by atoms with van der Waals surface area (Å²) in [5.74, 6) is 0.678. The zero-order valence-corrected chi connectivity index (χ0v) is 11.2. The molecular formula is C14H17N5O. The van der Waals surface area contributed by atoms with E-state index in [0.717, 1.165) is 25.2 Å². The first kappa shape index (κ1) is 11.8. The fourth-order valence-corrected chi connectivity index (χ4v) is 3.38. The molecule has 2 atom stereocenters. The van der Waals surface area contributed by atoms with Gasteiger partial charge in [-0.15, -0.1) is 0 Å². The standard InChI is InChI=1S/C14H17N5O/c20-14(11-6-17-19-5-4-15-7-13(11)19)18-8-10-2-1-3-16-12(10)9-18/h4-7,10,12,16H,1-3,8-9H2. The highest BCUT2D eigenvalue weighted by molar-refractivity contribution is 6.00. The molecule has 2 aliphatic rings. The van der Waals surface area contributed by atoms with Gasteiger partial charge in [0.25, 0.3) is 5.91 Å². The van der Waals surface area contributed by atoms with Crippen molar-refractivity contribution in [3.05, 3.63) is 30.4 Å². The van der Waals surface area contributed by atoms with Gasteiger partial charge in [-0.05, 0) is 25.3 Å². The van der Waals surface area contributed by atoms with Crippen molar-refractivity contribution in [1.82, 2.24) is 24.8 Å². The van der Waals surface area contributed by atoms with Crippen molar-refractivity contribution >= 4 is 11.4 Å². The first-order valence-corrected chi connectivity index (χ1v) is 7.13. The summed E-state index contributed by atoms with van der Waals surface area (Å²) < 4.78 is 1.70. The van der Waals surface area contributed by atoms with Crippen molar-refractivity contribution in [2.45, 2.75) is 18.9 Å². The maximum atomic E-state index is 12.7. The Morgan fingerprint density at radius 3 is 3.20 bits per heavy atom. The second-order valence-electron chi connectivity index (χ2n) is 5.64. The molecule has 0 aromatic carbocycles. The van der Waals surface area contributed by atoms with E-state index in [-0.39, 0.29) is 5.91 Å². The van der Waals surface area contributed by atoms with Gasteiger partial charge in [0.05, 0.1) is 23.5 Å². The number of nitrogens with zero attached hydrogens (tertiary/aromatic N) is 4. The van der Waals surface area contributed by atoms with Crippen LogP contribution in [0.2, 0.25) is 0 Å². The Bertz CT molecular complexity index is 638. The van der Waals surface area contributed by atoms with E-state index < -0.39 is 0 Å². The third-order valence-electron chi connectivity index (χ3n) is 4.44. The molecule has 4 heterocycles. The summed E-state index contributed by atoms with van der Waals surface area (Å²) in [5, 5.41) is 7.74. The number of amides is 1. The molecule has 0 saturated carbocycles. The Balaban J connectivity index is 1.61. The smallest absolute Gasteiger partial charge is 0.257 e. The summed E-state index contributed by atoms with van der Waals surface area (Å²) in [6, 6.07) is 0.465. The number of fused-ring (bicyclic) bond motifs is 2. The molecule has 104 valence electrons. The Labute approximate surface area is 116 Å². The summed E-state index contributed by atoms with van der Waals surface area (Å²) in [7, 11) is 0. The van der Waals surface area contributed by atoms with Crippen LogP contribution in [0.15, 0.2) is 24.8 Å². The highest BCUT2D eigenvalue weighted by Gasteiger charge is 2.37. The van der Waals surface area contributed by atoms with E-state index in [0.29, 0.717) is 17.5 Å². The summed E-state index contributed by atoms with van der Waals surface area (Å²) in [5.41, 5.74) is 1.43. The van der Waals surface area contributed by atoms with Crippen LogP contribution < -0.4 is 5.32 Å². The van der Waals surface area contributed by atoms with E-state index in [2.05, 4.69) is 15.4 Å². The van der Waals surface area contributed by atoms with E-state index in [1.807, 2.05) is 4.90 Å². The average molecular weight is 271 g/mol. The molecule has 0 bridgehead atoms. The quantitative estimate of drug-likeness (QED) is 0.823. The van der Waals surface area contributed by atoms with E-state index in [1.165, 1.54) is 12.8 Å². The fraction of sp³-hybridized carbons (Fsp3) is 0.500. The summed E-state index contributed by atoms with van der Waals surface area (Å²) in [6.45, 7) is 2.74. The SMILES string of the molecule is O=C(c1cnn2ccncc12)N1CC2CCCNC2C1. The Morgan fingerprint density at radius 2 is 2.30 bits per heavy atom. The van der Waals surface area contributed by atoms with Crippen LogP contribution in [0.25, 0.3) is 5.52 Å². The summed E-state index contributed by atoms with van der Waals surface area (Å²) >= 11 is 0. The predicted octanol–water partition coefficient (Wildman–Crippen LogP) is 0.553. The van der Waals surface area contributed by atoms with Gasteiger partial charge in [0, 0.05) is 31.5 Å². The van der Waals surface area contributed by atoms with Crippen LogP contribution in [0.4, 0.5) is 0 Å². The lowest BCUT2D eigenvalue weighted by atomic mass is 9.94. The molecule has 0 aliphatic carbocycles. The number of hydrogen-bond acceptors (Lipinski definition) is 4. The summed E-state index contributed by atoms with van der Waals surface area (Å²) in [4.78, 5) is 18.7. The molecule has 6 nitrogen and oxygen atoms in total. The number of aromatic nitrogens is 3. The van der Waals surface area contributed by atoms with Crippen molar-refractivity contribution in [2.75, 3.05) is 19.6 Å². The van der Waals surface area contributed by atoms with Crippen molar-refractivity contribution in [3.63, 3.8) is 0 Å². The van der Waals surface area contributed by atoms with Crippen LogP contribution in [0.5, 0.6) is 0 Å². The van der Waals surface area contributed by atoms with E-state index in [1.54, 1.807) is 29.3 Å². The molecule has 0 spiro atoms. The maximum absolute atomic E-state index is 12.7. The Hall–Kier alpha value is -1.95. The lowest BCUT2D eigenvalue weighted by molar-refractivity contribution is 0.0787. The van der Waals surface area contributed by atoms with Gasteiger partial charge >= 0.3 is 0 Å². The van der Waals surface area contributed by atoms with Gasteiger partial charge in [0.2, 0.25) is 0 Å². The minimum absolute atomic E-state index is 0.0733. The van der Waals surface area contributed by atoms with Crippen LogP contribution in [0, 0.1) is 5.92 Å². The molecule has 4 rings (SSSR count). The van der Waals surface area contributed by atoms with Gasteiger partial charge in [0.1, 0.15) is 0 Å². The van der Waals surface area contributed by atoms with Gasteiger partial charge in [-0.3, -0.25) is 9.78 Å². The molecule has 2 unspecified atom stereocenters. The lowest BCUT2D eigenvalue weighted by Gasteiger charge is -2.24. The molecular weight excluding hydrogens is 254 g/mol. The normalized spacial score (nSPS) is 25.9. The number of piperidine rings is 1. The van der Waals surface area contributed by atoms with E-state index >= 15 is 0 Å². The van der Waals surface area contributed by atoms with Crippen molar-refractivity contribution in [2.24, 2.45) is 5.92 Å². The molecule has 1 N–H and O–H groups in total. The number of rotatable bonds is 1. The number of hydrogen-bond donors (Lipinski definition) is 1. The number of likely N-dealkylation sites (tertiary alicyclic amines) is 1. The number of nitrogens with one attached hydrogen (secondary N) is 1. The molecule has 2 aromatic heterocycles. The van der Waals surface area contributed by atoms with Crippen molar-refractivity contribution in [1.29, 1.82) is 0 Å². The zero-order chi connectivity index (χ0) is 13.5. The lowest BCUT2D eigenvalue weighted by Crippen LogP contribution is -2.41. The second-order valence-corrected chi connectivity index (χ2v) is 5.64. The third-order valence-corrected chi connectivity index (χ3v) is 4.44. The van der Waals surface area contributed by atoms with Gasteiger partial charge in [0.15, 0.2) is 0 Å². The highest BCUT2D eigenvalue weighted by Crippen LogP contribution is 2.26. The van der Waals surface area contributed by atoms with Crippen LogP contribution >= 0.6 is 0 Å². The van der Waals surface area contributed by atoms with Crippen LogP contribution in [-0.4, -0.2) is 51.1 Å². The molecule has 2 saturated heterocycles. The van der Waals surface area contributed by atoms with Crippen LogP contribution in [0.3, 0.4) is 0 Å². The minimum atomic E-state index is 0.0733. The molecule has 1 amide bonds. The zero-order valence-electron chi connectivity index (χ0n) is 11.2. The van der Waals surface area contributed by atoms with Crippen molar-refractivity contribution in [3.8, 4) is 0 Å². The molecule has 2 aliphatic heterocycles. The van der Waals surface area contributed by atoms with Gasteiger partial charge in [-0.1, -0.05) is 0 Å². The van der Waals surface area contributed by atoms with E-state index in [4.69, 9.17) is 0 Å². The molecule has 20 heavy (non-hydrogen) atoms. The first-order valence-electron chi connectivity index (χ1n) is 7.13. The Morgan fingerprint density at radius 1 is 1.35 bits per heavy atom. The highest BCUT2D eigenvalue weighted by atomic mass is 16.2. The maximum Gasteiger partial charge on any atom is 0.257 e. The molecule has 2 fully saturated rings. The third kappa shape index (κ3) is 1.79. The monoisotopic (exact) mass is 271 g/mol. The van der Waals surface area contributed by atoms with E-state index in [9.17, 15) is 4.79 Å². The van der Waals surface area contributed by atoms with Crippen molar-refractivity contribution < 1.29 is 4.79 Å². The van der Waals surface area contributed by atoms with Gasteiger partial charge in [-0.25, -0.2) is 4.52 Å². The fourth-order valence-electron chi connectivity index (χ4n) is 3.38. The van der Waals surface area contributed by atoms with Crippen LogP contribution in [0.1, 0.15) is 23.2 Å². The first-order chi connectivity index (χ1) is 9.83. The number of carbonyl (C=O) groups is 1. The summed E-state index contributed by atoms with van der Waals surface area (Å²) in [6.07, 6.45) is 9.21. The minimum Gasteiger partial charge on any atom is -0.337 e. The molecule has 2 aromatic rings. The van der Waals surface area contributed by atoms with Gasteiger partial charge < -0.3 is 10.2 Å². The van der Waals surface area contributed by atoms with Crippen LogP contribution in [-0.2, 0) is 0 Å². The molecule has 6 heteroatoms. The Kier molecular flexibility index (Phi) is 2.70. The molecule has 0 radical (unpaired) electrons.